The highest BCUT2D eigenvalue weighted by molar-refractivity contribution is 6.28. The van der Waals surface area contributed by atoms with Crippen LogP contribution in [0.1, 0.15) is 181 Å². The van der Waals surface area contributed by atoms with Gasteiger partial charge in [0.2, 0.25) is 29.8 Å². The summed E-state index contributed by atoms with van der Waals surface area (Å²) < 4.78 is 0.360. The first-order chi connectivity index (χ1) is 26.9. The molecule has 2 unspecified atom stereocenters. The van der Waals surface area contributed by atoms with Crippen LogP contribution in [-0.4, -0.2) is 65.6 Å². The van der Waals surface area contributed by atoms with E-state index in [4.69, 9.17) is 16.6 Å². The maximum absolute atomic E-state index is 12.5. The molecule has 2 atom stereocenters. The monoisotopic (exact) mass is 784 g/mol. The second-order valence-corrected chi connectivity index (χ2v) is 16.0. The van der Waals surface area contributed by atoms with Crippen molar-refractivity contribution in [2.75, 3.05) is 26.2 Å². The quantitative estimate of drug-likeness (QED) is 0.0532. The third-order valence-electron chi connectivity index (χ3n) is 10.8. The van der Waals surface area contributed by atoms with E-state index in [2.05, 4.69) is 44.4 Å². The van der Waals surface area contributed by atoms with Crippen molar-refractivity contribution in [1.82, 2.24) is 34.6 Å². The fraction of sp³-hybridized carbons (Fsp3) is 0.744. The van der Waals surface area contributed by atoms with Crippen molar-refractivity contribution < 1.29 is 9.59 Å². The molecule has 1 aromatic heterocycles. The van der Waals surface area contributed by atoms with Crippen LogP contribution in [0.5, 0.6) is 0 Å². The van der Waals surface area contributed by atoms with Crippen LogP contribution in [-0.2, 0) is 9.59 Å². The molecule has 2 N–H and O–H groups in total. The smallest absolute Gasteiger partial charge is 0.349 e. The van der Waals surface area contributed by atoms with Crippen LogP contribution in [0.3, 0.4) is 0 Å². The van der Waals surface area contributed by atoms with Gasteiger partial charge in [0, 0.05) is 38.8 Å². The normalized spacial score (nSPS) is 18.5. The first-order valence-electron chi connectivity index (χ1n) is 22.1. The van der Waals surface area contributed by atoms with E-state index >= 15 is 0 Å². The molecule has 55 heavy (non-hydrogen) atoms. The molecule has 0 aromatic carbocycles. The standard InChI is InChI=1S/C43H72ClN9O2/c1-3-5-7-9-11-13-15-17-19-21-23-27-39(54)47-29-25-33-52(35-31-45-37-52)42-49-41(44)50-43(51-42)53(36-32-46-38-53)34-26-30-48-40(55)28-24-22-20-18-16-14-12-10-8-6-4-2/h31-32,35-38H,3-30,33-34H2,1-2H3/p+2. The Balaban J connectivity index is 1.37. The van der Waals surface area contributed by atoms with Crippen LogP contribution in [0.4, 0.5) is 11.9 Å². The van der Waals surface area contributed by atoms with Gasteiger partial charge >= 0.3 is 11.9 Å². The molecule has 11 nitrogen and oxygen atoms in total. The number of aliphatic imine (C=N–C) groups is 2. The molecule has 12 heteroatoms. The fourth-order valence-corrected chi connectivity index (χ4v) is 7.47. The predicted molar refractivity (Wildman–Crippen MR) is 231 cm³/mol. The first-order valence-corrected chi connectivity index (χ1v) is 22.5. The van der Waals surface area contributed by atoms with Crippen LogP contribution in [0.2, 0.25) is 5.28 Å². The molecule has 2 aliphatic heterocycles. The number of nitrogens with one attached hydrogen (secondary N) is 2. The Labute approximate surface area is 338 Å². The highest BCUT2D eigenvalue weighted by atomic mass is 35.5. The summed E-state index contributed by atoms with van der Waals surface area (Å²) in [7, 11) is 0. The topological polar surface area (TPSA) is 122 Å². The van der Waals surface area contributed by atoms with E-state index in [1.54, 1.807) is 25.1 Å². The second kappa shape index (κ2) is 28.4. The van der Waals surface area contributed by atoms with Crippen molar-refractivity contribution in [3.63, 3.8) is 0 Å². The Morgan fingerprint density at radius 1 is 0.509 bits per heavy atom. The lowest BCUT2D eigenvalue weighted by molar-refractivity contribution is -0.122. The molecule has 0 aliphatic carbocycles. The highest BCUT2D eigenvalue weighted by Gasteiger charge is 2.39. The molecular weight excluding hydrogens is 710 g/mol. The van der Waals surface area contributed by atoms with Gasteiger partial charge in [0.25, 0.3) is 0 Å². The summed E-state index contributed by atoms with van der Waals surface area (Å²) in [5.74, 6) is 1.14. The van der Waals surface area contributed by atoms with Crippen LogP contribution in [0.15, 0.2) is 34.8 Å². The average Bonchev–Trinajstić information content (AvgIpc) is 3.88. The number of carbonyl (C=O) groups is 2. The Bertz CT molecular complexity index is 1230. The van der Waals surface area contributed by atoms with E-state index in [1.165, 1.54) is 116 Å². The molecule has 0 fully saturated rings. The summed E-state index contributed by atoms with van der Waals surface area (Å²) >= 11 is 6.54. The molecule has 1 aromatic rings. The van der Waals surface area contributed by atoms with Crippen LogP contribution < -0.4 is 19.6 Å². The molecule has 0 bridgehead atoms. The molecule has 2 aliphatic rings. The molecule has 2 amide bonds. The van der Waals surface area contributed by atoms with E-state index in [-0.39, 0.29) is 26.1 Å². The van der Waals surface area contributed by atoms with Gasteiger partial charge in [-0.25, -0.2) is 9.98 Å². The van der Waals surface area contributed by atoms with E-state index in [1.807, 2.05) is 12.4 Å². The number of aromatic nitrogens is 3. The number of quaternary nitrogens is 2. The fourth-order valence-electron chi connectivity index (χ4n) is 7.32. The largest absolute Gasteiger partial charge is 0.356 e. The minimum atomic E-state index is 0.0953. The van der Waals surface area contributed by atoms with Crippen molar-refractivity contribution in [2.24, 2.45) is 9.98 Å². The lowest BCUT2D eigenvalue weighted by atomic mass is 10.1. The molecule has 0 saturated carbocycles. The van der Waals surface area contributed by atoms with E-state index in [9.17, 15) is 9.59 Å². The number of amides is 2. The predicted octanol–water partition coefficient (Wildman–Crippen LogP) is 10.6. The van der Waals surface area contributed by atoms with E-state index in [0.29, 0.717) is 63.8 Å². The zero-order chi connectivity index (χ0) is 39.3. The van der Waals surface area contributed by atoms with Gasteiger partial charge in [0.1, 0.15) is 12.4 Å². The summed E-state index contributed by atoms with van der Waals surface area (Å²) in [5, 5.41) is 6.28. The van der Waals surface area contributed by atoms with E-state index in [0.717, 1.165) is 25.7 Å². The Morgan fingerprint density at radius 3 is 1.18 bits per heavy atom. The maximum Gasteiger partial charge on any atom is 0.349 e. The number of carbonyl (C=O) groups excluding carboxylic acids is 2. The van der Waals surface area contributed by atoms with Gasteiger partial charge in [0.15, 0.2) is 0 Å². The summed E-state index contributed by atoms with van der Waals surface area (Å²) in [4.78, 5) is 47.8. The molecule has 3 heterocycles. The Morgan fingerprint density at radius 2 is 0.855 bits per heavy atom. The number of unbranched alkanes of at least 4 members (excludes halogenated alkanes) is 20. The lowest BCUT2D eigenvalue weighted by Crippen LogP contribution is -2.47. The third kappa shape index (κ3) is 18.7. The van der Waals surface area contributed by atoms with E-state index < -0.39 is 0 Å². The number of hydrogen-bond donors (Lipinski definition) is 2. The maximum atomic E-state index is 12.5. The molecule has 0 spiro atoms. The van der Waals surface area contributed by atoms with Crippen molar-refractivity contribution in [2.45, 2.75) is 181 Å². The van der Waals surface area contributed by atoms with Crippen LogP contribution in [0.25, 0.3) is 0 Å². The third-order valence-corrected chi connectivity index (χ3v) is 11.0. The SMILES string of the molecule is CCCCCCCCCCCCCC(=O)NCCC[N+]1(c2nc(Cl)nc([N+]3(CCCNC(=O)CCCCCCCCCCCCC)C=CN=C3)n2)C=CN=C1. The second-order valence-electron chi connectivity index (χ2n) is 15.6. The molecular formula is C43H74ClN9O2+2. The van der Waals surface area contributed by atoms with Crippen molar-refractivity contribution in [1.29, 1.82) is 0 Å². The molecule has 308 valence electrons. The number of halogens is 1. The summed E-state index contributed by atoms with van der Waals surface area (Å²) in [6, 6.07) is 0. The molecule has 3 rings (SSSR count). The minimum absolute atomic E-state index is 0.0953. The van der Waals surface area contributed by atoms with Crippen LogP contribution in [0, 0.1) is 0 Å². The van der Waals surface area contributed by atoms with Gasteiger partial charge in [-0.1, -0.05) is 142 Å². The van der Waals surface area contributed by atoms with Gasteiger partial charge in [-0.05, 0) is 24.4 Å². The number of hydrogen-bond acceptors (Lipinski definition) is 7. The number of rotatable bonds is 34. The average molecular weight is 785 g/mol. The zero-order valence-corrected chi connectivity index (χ0v) is 35.3. The van der Waals surface area contributed by atoms with Gasteiger partial charge in [-0.2, -0.15) is 8.97 Å². The number of nitrogens with zero attached hydrogens (tertiary/aromatic N) is 7. The summed E-state index contributed by atoms with van der Waals surface area (Å²) in [6.07, 6.45) is 41.4. The van der Waals surface area contributed by atoms with Crippen molar-refractivity contribution in [3.05, 3.63) is 30.1 Å². The summed E-state index contributed by atoms with van der Waals surface area (Å²) in [5.41, 5.74) is 0. The minimum Gasteiger partial charge on any atom is -0.356 e. The van der Waals surface area contributed by atoms with Gasteiger partial charge in [-0.15, -0.1) is 15.0 Å². The van der Waals surface area contributed by atoms with Gasteiger partial charge in [0.05, 0.1) is 25.5 Å². The first kappa shape index (κ1) is 46.4. The zero-order valence-electron chi connectivity index (χ0n) is 34.5. The summed E-state index contributed by atoms with van der Waals surface area (Å²) in [6.45, 7) is 6.85. The van der Waals surface area contributed by atoms with Crippen molar-refractivity contribution >= 4 is 48.0 Å². The van der Waals surface area contributed by atoms with Crippen LogP contribution >= 0.6 is 11.6 Å². The highest BCUT2D eigenvalue weighted by Crippen LogP contribution is 2.29. The van der Waals surface area contributed by atoms with Crippen molar-refractivity contribution in [3.8, 4) is 0 Å². The van der Waals surface area contributed by atoms with Gasteiger partial charge in [-0.3, -0.25) is 9.59 Å². The van der Waals surface area contributed by atoms with Gasteiger partial charge < -0.3 is 10.6 Å². The molecule has 0 radical (unpaired) electrons. The Kier molecular flexibility index (Phi) is 23.9. The lowest BCUT2D eigenvalue weighted by Gasteiger charge is -2.27. The molecule has 0 saturated heterocycles. The Hall–Kier alpha value is -3.02.